The Hall–Kier alpha value is -0.270. The maximum Gasteiger partial charge on any atom is 0.124 e. The number of alkyl halides is 1. The molecule has 1 fully saturated rings. The molecule has 0 spiro atoms. The molecule has 0 saturated heterocycles. The van der Waals surface area contributed by atoms with E-state index in [1.54, 1.807) is 6.07 Å². The first-order valence-corrected chi connectivity index (χ1v) is 5.93. The summed E-state index contributed by atoms with van der Waals surface area (Å²) in [5.74, 6) is -0.285. The van der Waals surface area contributed by atoms with Crippen molar-refractivity contribution in [1.29, 1.82) is 0 Å². The van der Waals surface area contributed by atoms with Gasteiger partial charge in [-0.25, -0.2) is 4.39 Å². The molecule has 15 heavy (non-hydrogen) atoms. The van der Waals surface area contributed by atoms with Gasteiger partial charge in [-0.15, -0.1) is 11.6 Å². The first kappa shape index (κ1) is 11.2. The van der Waals surface area contributed by atoms with E-state index >= 15 is 0 Å². The molecule has 2 rings (SSSR count). The Morgan fingerprint density at radius 3 is 2.60 bits per heavy atom. The van der Waals surface area contributed by atoms with Gasteiger partial charge in [-0.3, -0.25) is 0 Å². The van der Waals surface area contributed by atoms with E-state index in [1.807, 2.05) is 6.92 Å². The molecule has 0 aromatic heterocycles. The molecular formula is C12H13Cl2F. The van der Waals surface area contributed by atoms with E-state index in [1.165, 1.54) is 12.1 Å². The van der Waals surface area contributed by atoms with Crippen molar-refractivity contribution in [3.05, 3.63) is 34.6 Å². The monoisotopic (exact) mass is 246 g/mol. The summed E-state index contributed by atoms with van der Waals surface area (Å²) in [6.07, 6.45) is 3.15. The van der Waals surface area contributed by atoms with Crippen LogP contribution in [0.4, 0.5) is 4.39 Å². The fourth-order valence-corrected chi connectivity index (χ4v) is 2.45. The van der Waals surface area contributed by atoms with Crippen LogP contribution in [0, 0.1) is 11.2 Å². The van der Waals surface area contributed by atoms with Gasteiger partial charge >= 0.3 is 0 Å². The third-order valence-corrected chi connectivity index (χ3v) is 4.11. The smallest absolute Gasteiger partial charge is 0.124 e. The van der Waals surface area contributed by atoms with E-state index in [4.69, 9.17) is 23.2 Å². The molecule has 0 radical (unpaired) electrons. The van der Waals surface area contributed by atoms with Crippen LogP contribution in [0.5, 0.6) is 0 Å². The van der Waals surface area contributed by atoms with Crippen molar-refractivity contribution in [3.8, 4) is 0 Å². The highest BCUT2D eigenvalue weighted by molar-refractivity contribution is 6.31. The minimum absolute atomic E-state index is 0.151. The molecule has 1 aliphatic rings. The highest BCUT2D eigenvalue weighted by atomic mass is 35.5. The minimum atomic E-state index is -0.285. The average molecular weight is 247 g/mol. The quantitative estimate of drug-likeness (QED) is 0.693. The molecule has 1 aromatic carbocycles. The van der Waals surface area contributed by atoms with Gasteiger partial charge in [-0.2, -0.15) is 0 Å². The van der Waals surface area contributed by atoms with E-state index in [2.05, 4.69) is 0 Å². The molecular weight excluding hydrogens is 234 g/mol. The zero-order valence-corrected chi connectivity index (χ0v) is 10.1. The maximum atomic E-state index is 12.8. The van der Waals surface area contributed by atoms with Crippen LogP contribution < -0.4 is 0 Å². The molecule has 3 heteroatoms. The summed E-state index contributed by atoms with van der Waals surface area (Å²) in [6.45, 7) is 2.02. The topological polar surface area (TPSA) is 0 Å². The summed E-state index contributed by atoms with van der Waals surface area (Å²) in [7, 11) is 0. The molecule has 1 aliphatic carbocycles. The molecule has 0 amide bonds. The summed E-state index contributed by atoms with van der Waals surface area (Å²) >= 11 is 12.1. The van der Waals surface area contributed by atoms with Crippen molar-refractivity contribution in [2.24, 2.45) is 5.41 Å². The molecule has 82 valence electrons. The van der Waals surface area contributed by atoms with Gasteiger partial charge in [0, 0.05) is 10.4 Å². The Morgan fingerprint density at radius 2 is 2.13 bits per heavy atom. The van der Waals surface area contributed by atoms with Gasteiger partial charge in [0.1, 0.15) is 5.82 Å². The summed E-state index contributed by atoms with van der Waals surface area (Å²) in [4.78, 5) is 0. The second kappa shape index (κ2) is 3.95. The lowest BCUT2D eigenvalue weighted by Gasteiger charge is -2.18. The van der Waals surface area contributed by atoms with Crippen molar-refractivity contribution in [3.63, 3.8) is 0 Å². The van der Waals surface area contributed by atoms with Gasteiger partial charge in [0.05, 0.1) is 0 Å². The number of benzene rings is 1. The van der Waals surface area contributed by atoms with E-state index in [0.717, 1.165) is 24.8 Å². The van der Waals surface area contributed by atoms with Gasteiger partial charge in [0.25, 0.3) is 0 Å². The number of halogens is 3. The fraction of sp³-hybridized carbons (Fsp3) is 0.500. The van der Waals surface area contributed by atoms with Crippen LogP contribution in [0.15, 0.2) is 18.2 Å². The maximum absolute atomic E-state index is 12.8. The van der Waals surface area contributed by atoms with E-state index in [-0.39, 0.29) is 16.6 Å². The standard InChI is InChI=1S/C12H13Cl2F/c1-8(13)12(4-5-12)7-9-2-3-10(15)6-11(9)14/h2-3,6,8H,4-5,7H2,1H3. The highest BCUT2D eigenvalue weighted by Gasteiger charge is 2.46. The Kier molecular flexibility index (Phi) is 2.96. The normalized spacial score (nSPS) is 20.0. The first-order chi connectivity index (χ1) is 7.03. The second-order valence-corrected chi connectivity index (χ2v) is 5.45. The molecule has 0 aliphatic heterocycles. The number of hydrogen-bond donors (Lipinski definition) is 0. The predicted octanol–water partition coefficient (Wildman–Crippen LogP) is 4.43. The molecule has 1 unspecified atom stereocenters. The summed E-state index contributed by atoms with van der Waals surface area (Å²) in [5.41, 5.74) is 1.20. The Morgan fingerprint density at radius 1 is 1.47 bits per heavy atom. The number of hydrogen-bond acceptors (Lipinski definition) is 0. The molecule has 1 aromatic rings. The molecule has 0 bridgehead atoms. The van der Waals surface area contributed by atoms with Gasteiger partial charge in [0.15, 0.2) is 0 Å². The number of rotatable bonds is 3. The van der Waals surface area contributed by atoms with Gasteiger partial charge in [0.2, 0.25) is 0 Å². The van der Waals surface area contributed by atoms with E-state index in [9.17, 15) is 4.39 Å². The highest BCUT2D eigenvalue weighted by Crippen LogP contribution is 2.53. The minimum Gasteiger partial charge on any atom is -0.207 e. The van der Waals surface area contributed by atoms with Crippen molar-refractivity contribution < 1.29 is 4.39 Å². The first-order valence-electron chi connectivity index (χ1n) is 5.11. The molecule has 1 atom stereocenters. The van der Waals surface area contributed by atoms with Crippen LogP contribution in [0.3, 0.4) is 0 Å². The SMILES string of the molecule is CC(Cl)C1(Cc2ccc(F)cc2Cl)CC1. The zero-order chi connectivity index (χ0) is 11.1. The summed E-state index contributed by atoms with van der Waals surface area (Å²) in [5, 5.41) is 0.664. The van der Waals surface area contributed by atoms with Gasteiger partial charge < -0.3 is 0 Å². The predicted molar refractivity (Wildman–Crippen MR) is 62.1 cm³/mol. The van der Waals surface area contributed by atoms with Gasteiger partial charge in [-0.05, 0) is 49.3 Å². The largest absolute Gasteiger partial charge is 0.207 e. The fourth-order valence-electron chi connectivity index (χ4n) is 1.92. The van der Waals surface area contributed by atoms with Crippen molar-refractivity contribution in [1.82, 2.24) is 0 Å². The third-order valence-electron chi connectivity index (χ3n) is 3.29. The molecule has 0 heterocycles. The van der Waals surface area contributed by atoms with E-state index in [0.29, 0.717) is 5.02 Å². The van der Waals surface area contributed by atoms with Crippen molar-refractivity contribution in [2.45, 2.75) is 31.6 Å². The van der Waals surface area contributed by atoms with Crippen LogP contribution in [0.2, 0.25) is 5.02 Å². The van der Waals surface area contributed by atoms with Crippen LogP contribution in [-0.4, -0.2) is 5.38 Å². The van der Waals surface area contributed by atoms with Crippen LogP contribution >= 0.6 is 23.2 Å². The van der Waals surface area contributed by atoms with Crippen molar-refractivity contribution >= 4 is 23.2 Å². The van der Waals surface area contributed by atoms with Crippen LogP contribution in [0.25, 0.3) is 0 Å². The Labute approximate surface area is 99.4 Å². The van der Waals surface area contributed by atoms with Crippen molar-refractivity contribution in [2.75, 3.05) is 0 Å². The molecule has 1 saturated carbocycles. The van der Waals surface area contributed by atoms with E-state index < -0.39 is 0 Å². The Balaban J connectivity index is 2.18. The van der Waals surface area contributed by atoms with Crippen LogP contribution in [-0.2, 0) is 6.42 Å². The molecule has 0 N–H and O–H groups in total. The van der Waals surface area contributed by atoms with Crippen LogP contribution in [0.1, 0.15) is 25.3 Å². The Bertz CT molecular complexity index is 370. The molecule has 0 nitrogen and oxygen atoms in total. The summed E-state index contributed by atoms with van der Waals surface area (Å²) in [6, 6.07) is 4.58. The van der Waals surface area contributed by atoms with Gasteiger partial charge in [-0.1, -0.05) is 17.7 Å². The lowest BCUT2D eigenvalue weighted by atomic mass is 9.93. The summed E-state index contributed by atoms with van der Waals surface area (Å²) < 4.78 is 12.8. The lowest BCUT2D eigenvalue weighted by Crippen LogP contribution is -2.15. The average Bonchev–Trinajstić information content (AvgIpc) is 2.91. The second-order valence-electron chi connectivity index (χ2n) is 4.39. The lowest BCUT2D eigenvalue weighted by molar-refractivity contribution is 0.496. The zero-order valence-electron chi connectivity index (χ0n) is 8.56. The third kappa shape index (κ3) is 2.29.